The van der Waals surface area contributed by atoms with Gasteiger partial charge in [-0.3, -0.25) is 4.79 Å². The van der Waals surface area contributed by atoms with E-state index in [0.717, 1.165) is 38.5 Å². The van der Waals surface area contributed by atoms with Gasteiger partial charge in [0.1, 0.15) is 48.8 Å². The molecule has 2 saturated heterocycles. The Kier molecular flexibility index (Phi) is 49.3. The van der Waals surface area contributed by atoms with Crippen LogP contribution in [0, 0.1) is 0 Å². The Balaban J connectivity index is 1.72. The molecule has 0 aromatic heterocycles. The van der Waals surface area contributed by atoms with E-state index in [1.165, 1.54) is 212 Å². The molecule has 2 aliphatic heterocycles. The van der Waals surface area contributed by atoms with Crippen molar-refractivity contribution in [3.05, 3.63) is 48.6 Å². The van der Waals surface area contributed by atoms with Crippen molar-refractivity contribution in [2.75, 3.05) is 19.8 Å². The molecule has 14 heteroatoms. The Morgan fingerprint density at radius 1 is 0.439 bits per heavy atom. The van der Waals surface area contributed by atoms with Gasteiger partial charge in [0.05, 0.1) is 32.0 Å². The summed E-state index contributed by atoms with van der Waals surface area (Å²) in [6.45, 7) is 2.80. The van der Waals surface area contributed by atoms with Crippen molar-refractivity contribution in [1.82, 2.24) is 5.32 Å². The molecular weight excluding hydrogens is 1040 g/mol. The highest BCUT2D eigenvalue weighted by Gasteiger charge is 2.51. The molecule has 0 saturated carbocycles. The van der Waals surface area contributed by atoms with E-state index in [-0.39, 0.29) is 18.9 Å². The summed E-state index contributed by atoms with van der Waals surface area (Å²) in [6, 6.07) is -0.933. The third-order valence-electron chi connectivity index (χ3n) is 16.5. The third-order valence-corrected chi connectivity index (χ3v) is 16.5. The molecule has 14 nitrogen and oxygen atoms in total. The summed E-state index contributed by atoms with van der Waals surface area (Å²) in [5.74, 6) is -0.248. The molecule has 0 radical (unpaired) electrons. The summed E-state index contributed by atoms with van der Waals surface area (Å²) >= 11 is 0. The largest absolute Gasteiger partial charge is 0.394 e. The van der Waals surface area contributed by atoms with Crippen molar-refractivity contribution in [2.24, 2.45) is 0 Å². The van der Waals surface area contributed by atoms with E-state index in [9.17, 15) is 45.6 Å². The van der Waals surface area contributed by atoms with Crippen LogP contribution in [-0.2, 0) is 23.7 Å². The summed E-state index contributed by atoms with van der Waals surface area (Å²) in [5.41, 5.74) is 0. The van der Waals surface area contributed by atoms with Gasteiger partial charge in [-0.05, 0) is 64.2 Å². The lowest BCUT2D eigenvalue weighted by Gasteiger charge is -2.46. The number of amides is 1. The molecule has 2 aliphatic rings. The number of aliphatic hydroxyl groups is 8. The van der Waals surface area contributed by atoms with Gasteiger partial charge >= 0.3 is 0 Å². The Bertz CT molecular complexity index is 1560. The predicted octanol–water partition coefficient (Wildman–Crippen LogP) is 13.1. The molecule has 2 fully saturated rings. The molecule has 1 amide bonds. The SMILES string of the molecule is CCCCCCC/C=C\C/C=C\CCCCCCCCCCCCCCCC(=O)NC(COC1OC(CO)C(OC2OC(CO)C(O)C(O)C2O)C(O)C1O)C(O)/C=C/CC/C=C/CCCCCCCCCCCCCCCCCCC. The van der Waals surface area contributed by atoms with Crippen molar-refractivity contribution >= 4 is 5.91 Å². The molecule has 0 bridgehead atoms. The molecular formula is C68H125NO13. The minimum atomic E-state index is -1.79. The first-order chi connectivity index (χ1) is 40.1. The number of rotatable bonds is 55. The molecule has 9 N–H and O–H groups in total. The van der Waals surface area contributed by atoms with Crippen LogP contribution < -0.4 is 5.32 Å². The van der Waals surface area contributed by atoms with Crippen LogP contribution in [0.25, 0.3) is 0 Å². The fourth-order valence-corrected chi connectivity index (χ4v) is 11.0. The first-order valence-corrected chi connectivity index (χ1v) is 33.9. The van der Waals surface area contributed by atoms with Crippen molar-refractivity contribution in [3.8, 4) is 0 Å². The zero-order valence-corrected chi connectivity index (χ0v) is 52.0. The molecule has 2 rings (SSSR count). The highest BCUT2D eigenvalue weighted by molar-refractivity contribution is 5.76. The normalized spacial score (nSPS) is 24.2. The van der Waals surface area contributed by atoms with E-state index in [1.807, 2.05) is 6.08 Å². The topological polar surface area (TPSA) is 228 Å². The van der Waals surface area contributed by atoms with E-state index >= 15 is 0 Å². The smallest absolute Gasteiger partial charge is 0.220 e. The maximum atomic E-state index is 13.3. The number of hydrogen-bond donors (Lipinski definition) is 9. The molecule has 12 unspecified atom stereocenters. The van der Waals surface area contributed by atoms with E-state index in [4.69, 9.17) is 18.9 Å². The van der Waals surface area contributed by atoms with Crippen molar-refractivity contribution in [2.45, 2.75) is 357 Å². The van der Waals surface area contributed by atoms with Gasteiger partial charge in [-0.25, -0.2) is 0 Å². The van der Waals surface area contributed by atoms with Gasteiger partial charge in [-0.2, -0.15) is 0 Å². The van der Waals surface area contributed by atoms with E-state index in [0.29, 0.717) is 12.8 Å². The lowest BCUT2D eigenvalue weighted by Crippen LogP contribution is -2.65. The molecule has 2 heterocycles. The minimum absolute atomic E-state index is 0.248. The zero-order chi connectivity index (χ0) is 59.5. The van der Waals surface area contributed by atoms with E-state index in [1.54, 1.807) is 6.08 Å². The number of hydrogen-bond acceptors (Lipinski definition) is 13. The first-order valence-electron chi connectivity index (χ1n) is 33.9. The van der Waals surface area contributed by atoms with Crippen LogP contribution in [0.1, 0.15) is 284 Å². The van der Waals surface area contributed by atoms with Crippen LogP contribution in [0.4, 0.5) is 0 Å². The van der Waals surface area contributed by atoms with Gasteiger partial charge in [0.15, 0.2) is 12.6 Å². The monoisotopic (exact) mass is 1160 g/mol. The highest BCUT2D eigenvalue weighted by atomic mass is 16.7. The van der Waals surface area contributed by atoms with Crippen molar-refractivity contribution < 1.29 is 64.6 Å². The van der Waals surface area contributed by atoms with Crippen LogP contribution in [0.2, 0.25) is 0 Å². The summed E-state index contributed by atoms with van der Waals surface area (Å²) in [6.07, 6.45) is 51.6. The maximum Gasteiger partial charge on any atom is 0.220 e. The first kappa shape index (κ1) is 76.0. The maximum absolute atomic E-state index is 13.3. The van der Waals surface area contributed by atoms with Crippen LogP contribution in [0.3, 0.4) is 0 Å². The van der Waals surface area contributed by atoms with E-state index in [2.05, 4.69) is 55.6 Å². The van der Waals surface area contributed by atoms with Crippen LogP contribution >= 0.6 is 0 Å². The third kappa shape index (κ3) is 37.5. The molecule has 0 aromatic rings. The number of carbonyl (C=O) groups is 1. The van der Waals surface area contributed by atoms with Crippen LogP contribution in [-0.4, -0.2) is 140 Å². The Morgan fingerprint density at radius 3 is 1.27 bits per heavy atom. The minimum Gasteiger partial charge on any atom is -0.394 e. The van der Waals surface area contributed by atoms with Crippen molar-refractivity contribution in [3.63, 3.8) is 0 Å². The van der Waals surface area contributed by atoms with Gasteiger partial charge in [0, 0.05) is 6.42 Å². The lowest BCUT2D eigenvalue weighted by molar-refractivity contribution is -0.359. The summed E-state index contributed by atoms with van der Waals surface area (Å²) in [5, 5.41) is 87.3. The Hall–Kier alpha value is -2.05. The number of aliphatic hydroxyl groups excluding tert-OH is 8. The standard InChI is InChI=1S/C68H125NO13/c1-3-5-7-9-11-13-15-17-19-21-23-25-27-28-30-32-34-36-38-40-42-44-46-48-50-52-60(73)69-56(55-79-67-65(78)63(76)66(59(54-71)81-67)82-68-64(77)62(75)61(74)58(53-70)80-68)57(72)51-49-47-45-43-41-39-37-35-33-31-29-26-24-22-20-18-16-14-12-10-8-6-4-2/h15,17,21,23,41,43,49,51,56-59,61-68,70-72,74-78H,3-14,16,18-20,22,24-40,42,44-48,50,52-55H2,1-2H3,(H,69,73)/b17-15-,23-21-,43-41+,51-49+. The lowest BCUT2D eigenvalue weighted by atomic mass is 9.97. The number of allylic oxidation sites excluding steroid dienone is 7. The van der Waals surface area contributed by atoms with Gasteiger partial charge in [0.2, 0.25) is 5.91 Å². The quantitative estimate of drug-likeness (QED) is 0.0204. The summed E-state index contributed by atoms with van der Waals surface area (Å²) < 4.78 is 22.8. The predicted molar refractivity (Wildman–Crippen MR) is 332 cm³/mol. The Morgan fingerprint density at radius 2 is 0.817 bits per heavy atom. The average Bonchev–Trinajstić information content (AvgIpc) is 3.56. The van der Waals surface area contributed by atoms with Gasteiger partial charge < -0.3 is 65.1 Å². The molecule has 0 aliphatic carbocycles. The number of nitrogens with one attached hydrogen (secondary N) is 1. The molecule has 480 valence electrons. The fourth-order valence-electron chi connectivity index (χ4n) is 11.0. The highest BCUT2D eigenvalue weighted by Crippen LogP contribution is 2.30. The number of unbranched alkanes of at least 4 members (excludes halogenated alkanes) is 36. The second kappa shape index (κ2) is 53.2. The summed E-state index contributed by atoms with van der Waals surface area (Å²) in [7, 11) is 0. The second-order valence-electron chi connectivity index (χ2n) is 23.9. The average molecular weight is 1160 g/mol. The molecule has 12 atom stereocenters. The molecule has 0 aromatic carbocycles. The fraction of sp³-hybridized carbons (Fsp3) is 0.868. The molecule has 0 spiro atoms. The van der Waals surface area contributed by atoms with Crippen molar-refractivity contribution in [1.29, 1.82) is 0 Å². The van der Waals surface area contributed by atoms with Crippen LogP contribution in [0.5, 0.6) is 0 Å². The number of carbonyl (C=O) groups excluding carboxylic acids is 1. The molecule has 82 heavy (non-hydrogen) atoms. The summed E-state index contributed by atoms with van der Waals surface area (Å²) in [4.78, 5) is 13.3. The van der Waals surface area contributed by atoms with E-state index < -0.39 is 86.8 Å². The van der Waals surface area contributed by atoms with Gasteiger partial charge in [-0.15, -0.1) is 0 Å². The van der Waals surface area contributed by atoms with Gasteiger partial charge in [0.25, 0.3) is 0 Å². The number of ether oxygens (including phenoxy) is 4. The van der Waals surface area contributed by atoms with Gasteiger partial charge in [-0.1, -0.05) is 262 Å². The Labute approximate surface area is 499 Å². The second-order valence-corrected chi connectivity index (χ2v) is 23.9. The van der Waals surface area contributed by atoms with Crippen LogP contribution in [0.15, 0.2) is 48.6 Å². The zero-order valence-electron chi connectivity index (χ0n) is 52.0.